The molecule has 1 spiro atoms. The van der Waals surface area contributed by atoms with E-state index in [9.17, 15) is 18.8 Å². The number of rotatable bonds is 3. The van der Waals surface area contributed by atoms with Gasteiger partial charge in [-0.3, -0.25) is 14.5 Å². The zero-order chi connectivity index (χ0) is 16.6. The summed E-state index contributed by atoms with van der Waals surface area (Å²) < 4.78 is 13.6. The number of hydrogen-bond donors (Lipinski definition) is 2. The molecule has 1 aromatic rings. The van der Waals surface area contributed by atoms with Crippen LogP contribution < -0.4 is 10.6 Å². The number of amides is 4. The van der Waals surface area contributed by atoms with Crippen LogP contribution in [-0.4, -0.2) is 34.8 Å². The topological polar surface area (TPSA) is 78.5 Å². The monoisotopic (exact) mass is 339 g/mol. The Hall–Kier alpha value is -2.15. The van der Waals surface area contributed by atoms with Gasteiger partial charge in [0, 0.05) is 5.02 Å². The zero-order valence-electron chi connectivity index (χ0n) is 12.2. The Balaban J connectivity index is 1.69. The van der Waals surface area contributed by atoms with Crippen LogP contribution in [0.25, 0.3) is 0 Å². The normalized spacial score (nSPS) is 19.3. The maximum atomic E-state index is 13.6. The quantitative estimate of drug-likeness (QED) is 0.829. The highest BCUT2D eigenvalue weighted by Gasteiger charge is 2.52. The Kier molecular flexibility index (Phi) is 3.97. The molecule has 2 N–H and O–H groups in total. The second-order valence-corrected chi connectivity index (χ2v) is 6.22. The van der Waals surface area contributed by atoms with Crippen molar-refractivity contribution in [2.24, 2.45) is 0 Å². The molecule has 4 amide bonds. The third-order valence-electron chi connectivity index (χ3n) is 4.21. The molecule has 6 nitrogen and oxygen atoms in total. The molecule has 0 radical (unpaired) electrons. The molecule has 122 valence electrons. The van der Waals surface area contributed by atoms with E-state index in [0.717, 1.165) is 23.8 Å². The summed E-state index contributed by atoms with van der Waals surface area (Å²) in [5, 5.41) is 5.27. The van der Waals surface area contributed by atoms with Gasteiger partial charge in [-0.05, 0) is 31.0 Å². The number of hydrogen-bond acceptors (Lipinski definition) is 3. The van der Waals surface area contributed by atoms with Gasteiger partial charge in [0.05, 0.1) is 5.69 Å². The molecule has 0 atom stereocenters. The number of nitrogens with zero attached hydrogens (tertiary/aromatic N) is 1. The summed E-state index contributed by atoms with van der Waals surface area (Å²) in [6, 6.07) is 3.16. The van der Waals surface area contributed by atoms with Gasteiger partial charge >= 0.3 is 6.03 Å². The molecule has 1 aliphatic carbocycles. The summed E-state index contributed by atoms with van der Waals surface area (Å²) in [6.45, 7) is -0.460. The van der Waals surface area contributed by atoms with Gasteiger partial charge in [0.15, 0.2) is 0 Å². The van der Waals surface area contributed by atoms with Crippen molar-refractivity contribution in [3.8, 4) is 0 Å². The van der Waals surface area contributed by atoms with E-state index in [1.165, 1.54) is 12.1 Å². The van der Waals surface area contributed by atoms with Gasteiger partial charge in [-0.15, -0.1) is 0 Å². The lowest BCUT2D eigenvalue weighted by Crippen LogP contribution is -2.44. The number of carbonyl (C=O) groups is 3. The number of anilines is 1. The van der Waals surface area contributed by atoms with Crippen LogP contribution in [0.5, 0.6) is 0 Å². The van der Waals surface area contributed by atoms with E-state index in [2.05, 4.69) is 10.6 Å². The highest BCUT2D eigenvalue weighted by molar-refractivity contribution is 6.30. The first-order chi connectivity index (χ1) is 10.9. The van der Waals surface area contributed by atoms with Crippen molar-refractivity contribution >= 4 is 35.1 Å². The minimum absolute atomic E-state index is 0.0925. The molecular weight excluding hydrogens is 325 g/mol. The van der Waals surface area contributed by atoms with Crippen LogP contribution >= 0.6 is 11.6 Å². The number of benzene rings is 1. The van der Waals surface area contributed by atoms with Crippen LogP contribution in [0.15, 0.2) is 18.2 Å². The summed E-state index contributed by atoms with van der Waals surface area (Å²) in [5.74, 6) is -1.70. The molecule has 1 aliphatic heterocycles. The third kappa shape index (κ3) is 2.88. The Labute approximate surface area is 137 Å². The van der Waals surface area contributed by atoms with Crippen molar-refractivity contribution in [3.63, 3.8) is 0 Å². The molecule has 8 heteroatoms. The molecule has 1 saturated carbocycles. The first-order valence-corrected chi connectivity index (χ1v) is 7.68. The second-order valence-electron chi connectivity index (χ2n) is 5.78. The van der Waals surface area contributed by atoms with Crippen LogP contribution in [0.2, 0.25) is 5.02 Å². The van der Waals surface area contributed by atoms with Gasteiger partial charge < -0.3 is 10.6 Å². The van der Waals surface area contributed by atoms with Gasteiger partial charge in [0.25, 0.3) is 5.91 Å². The zero-order valence-corrected chi connectivity index (χ0v) is 13.0. The van der Waals surface area contributed by atoms with Crippen LogP contribution in [0.3, 0.4) is 0 Å². The first-order valence-electron chi connectivity index (χ1n) is 7.30. The number of carbonyl (C=O) groups excluding carboxylic acids is 3. The number of halogens is 2. The molecule has 2 aliphatic rings. The predicted octanol–water partition coefficient (Wildman–Crippen LogP) is 2.28. The summed E-state index contributed by atoms with van der Waals surface area (Å²) in [6.07, 6.45) is 2.89. The van der Waals surface area contributed by atoms with Crippen molar-refractivity contribution in [2.75, 3.05) is 11.9 Å². The SMILES string of the molecule is O=C(CN1C(=O)NC2(CCCC2)C1=O)Nc1cc(Cl)ccc1F. The molecular formula is C15H15ClFN3O3. The number of nitrogens with one attached hydrogen (secondary N) is 2. The Morgan fingerprint density at radius 3 is 2.74 bits per heavy atom. The summed E-state index contributed by atoms with van der Waals surface area (Å²) >= 11 is 5.75. The summed E-state index contributed by atoms with van der Waals surface area (Å²) in [5.41, 5.74) is -0.955. The first kappa shape index (κ1) is 15.7. The van der Waals surface area contributed by atoms with Crippen molar-refractivity contribution in [2.45, 2.75) is 31.2 Å². The fourth-order valence-electron chi connectivity index (χ4n) is 3.06. The van der Waals surface area contributed by atoms with Crippen molar-refractivity contribution in [3.05, 3.63) is 29.0 Å². The van der Waals surface area contributed by atoms with Gasteiger partial charge in [-0.1, -0.05) is 24.4 Å². The highest BCUT2D eigenvalue weighted by Crippen LogP contribution is 2.34. The van der Waals surface area contributed by atoms with E-state index in [-0.39, 0.29) is 16.6 Å². The van der Waals surface area contributed by atoms with Crippen molar-refractivity contribution < 1.29 is 18.8 Å². The van der Waals surface area contributed by atoms with Crippen molar-refractivity contribution in [1.82, 2.24) is 10.2 Å². The number of imide groups is 1. The van der Waals surface area contributed by atoms with Crippen LogP contribution in [0, 0.1) is 5.82 Å². The average Bonchev–Trinajstić information content (AvgIpc) is 3.05. The highest BCUT2D eigenvalue weighted by atomic mass is 35.5. The van der Waals surface area contributed by atoms with Gasteiger partial charge in [-0.25, -0.2) is 9.18 Å². The smallest absolute Gasteiger partial charge is 0.323 e. The molecule has 1 saturated heterocycles. The molecule has 1 heterocycles. The van der Waals surface area contributed by atoms with E-state index in [4.69, 9.17) is 11.6 Å². The Morgan fingerprint density at radius 2 is 2.04 bits per heavy atom. The van der Waals surface area contributed by atoms with Crippen LogP contribution in [-0.2, 0) is 9.59 Å². The third-order valence-corrected chi connectivity index (χ3v) is 4.44. The molecule has 23 heavy (non-hydrogen) atoms. The molecule has 0 aromatic heterocycles. The summed E-state index contributed by atoms with van der Waals surface area (Å²) in [7, 11) is 0. The van der Waals surface area contributed by atoms with Crippen molar-refractivity contribution in [1.29, 1.82) is 0 Å². The molecule has 0 bridgehead atoms. The Bertz CT molecular complexity index is 689. The van der Waals surface area contributed by atoms with E-state index >= 15 is 0 Å². The second kappa shape index (κ2) is 5.81. The lowest BCUT2D eigenvalue weighted by molar-refractivity contribution is -0.133. The van der Waals surface area contributed by atoms with Crippen LogP contribution in [0.4, 0.5) is 14.9 Å². The van der Waals surface area contributed by atoms with Gasteiger partial charge in [0.2, 0.25) is 5.91 Å². The fraction of sp³-hybridized carbons (Fsp3) is 0.400. The van der Waals surface area contributed by atoms with E-state index in [1.54, 1.807) is 0 Å². The minimum Gasteiger partial charge on any atom is -0.323 e. The molecule has 1 aromatic carbocycles. The maximum absolute atomic E-state index is 13.6. The number of urea groups is 1. The lowest BCUT2D eigenvalue weighted by Gasteiger charge is -2.19. The van der Waals surface area contributed by atoms with Crippen LogP contribution in [0.1, 0.15) is 25.7 Å². The fourth-order valence-corrected chi connectivity index (χ4v) is 3.24. The average molecular weight is 340 g/mol. The van der Waals surface area contributed by atoms with E-state index < -0.39 is 29.8 Å². The predicted molar refractivity (Wildman–Crippen MR) is 81.5 cm³/mol. The molecule has 2 fully saturated rings. The standard InChI is InChI=1S/C15H15ClFN3O3/c16-9-3-4-10(17)11(7-9)18-12(21)8-20-13(22)15(19-14(20)23)5-1-2-6-15/h3-4,7H,1-2,5-6,8H2,(H,18,21)(H,19,23). The van der Waals surface area contributed by atoms with Gasteiger partial charge in [0.1, 0.15) is 17.9 Å². The molecule has 3 rings (SSSR count). The van der Waals surface area contributed by atoms with E-state index in [1.807, 2.05) is 0 Å². The van der Waals surface area contributed by atoms with E-state index in [0.29, 0.717) is 12.8 Å². The lowest BCUT2D eigenvalue weighted by atomic mass is 9.98. The minimum atomic E-state index is -0.862. The van der Waals surface area contributed by atoms with Gasteiger partial charge in [-0.2, -0.15) is 0 Å². The largest absolute Gasteiger partial charge is 0.325 e. The summed E-state index contributed by atoms with van der Waals surface area (Å²) in [4.78, 5) is 37.3. The Morgan fingerprint density at radius 1 is 1.35 bits per heavy atom. The molecule has 0 unspecified atom stereocenters. The maximum Gasteiger partial charge on any atom is 0.325 e.